The zero-order valence-corrected chi connectivity index (χ0v) is 12.4. The van der Waals surface area contributed by atoms with E-state index in [-0.39, 0.29) is 5.97 Å². The average Bonchev–Trinajstić information content (AvgIpc) is 2.53. The van der Waals surface area contributed by atoms with Gasteiger partial charge in [0.15, 0.2) is 0 Å². The number of anilines is 2. The molecular formula is C16H24N2O2. The SMILES string of the molecule is CNc1cc(C(=O)OC)ccc1NCC1CCCCC1. The van der Waals surface area contributed by atoms with Gasteiger partial charge in [-0.1, -0.05) is 19.3 Å². The largest absolute Gasteiger partial charge is 0.465 e. The Morgan fingerprint density at radius 1 is 1.25 bits per heavy atom. The van der Waals surface area contributed by atoms with Gasteiger partial charge in [-0.05, 0) is 37.0 Å². The van der Waals surface area contributed by atoms with Crippen LogP contribution in [0, 0.1) is 5.92 Å². The van der Waals surface area contributed by atoms with Crippen molar-refractivity contribution >= 4 is 17.3 Å². The van der Waals surface area contributed by atoms with E-state index in [1.54, 1.807) is 6.07 Å². The number of nitrogens with one attached hydrogen (secondary N) is 2. The third-order valence-corrected chi connectivity index (χ3v) is 4.02. The molecule has 0 saturated heterocycles. The Balaban J connectivity index is 2.01. The van der Waals surface area contributed by atoms with Crippen LogP contribution in [-0.4, -0.2) is 26.7 Å². The molecule has 0 unspecified atom stereocenters. The maximum absolute atomic E-state index is 11.5. The molecule has 1 aromatic rings. The molecule has 1 aromatic carbocycles. The van der Waals surface area contributed by atoms with Crippen molar-refractivity contribution in [3.8, 4) is 0 Å². The highest BCUT2D eigenvalue weighted by molar-refractivity contribution is 5.92. The van der Waals surface area contributed by atoms with Crippen molar-refractivity contribution in [1.82, 2.24) is 0 Å². The van der Waals surface area contributed by atoms with E-state index in [4.69, 9.17) is 4.74 Å². The summed E-state index contributed by atoms with van der Waals surface area (Å²) in [4.78, 5) is 11.5. The maximum atomic E-state index is 11.5. The quantitative estimate of drug-likeness (QED) is 0.808. The lowest BCUT2D eigenvalue weighted by Crippen LogP contribution is -2.17. The summed E-state index contributed by atoms with van der Waals surface area (Å²) in [6.45, 7) is 1.01. The van der Waals surface area contributed by atoms with Crippen LogP contribution in [0.3, 0.4) is 0 Å². The van der Waals surface area contributed by atoms with E-state index in [2.05, 4.69) is 10.6 Å². The van der Waals surface area contributed by atoms with Crippen LogP contribution in [0.2, 0.25) is 0 Å². The number of rotatable bonds is 5. The minimum Gasteiger partial charge on any atom is -0.465 e. The van der Waals surface area contributed by atoms with Gasteiger partial charge in [0.05, 0.1) is 24.0 Å². The summed E-state index contributed by atoms with van der Waals surface area (Å²) in [5.74, 6) is 0.467. The molecular weight excluding hydrogens is 252 g/mol. The Morgan fingerprint density at radius 2 is 2.00 bits per heavy atom. The van der Waals surface area contributed by atoms with Crippen LogP contribution in [0.25, 0.3) is 0 Å². The van der Waals surface area contributed by atoms with Crippen molar-refractivity contribution in [2.24, 2.45) is 5.92 Å². The average molecular weight is 276 g/mol. The van der Waals surface area contributed by atoms with Crippen LogP contribution in [-0.2, 0) is 4.74 Å². The minimum absolute atomic E-state index is 0.305. The van der Waals surface area contributed by atoms with E-state index < -0.39 is 0 Å². The Kier molecular flexibility index (Phi) is 5.27. The molecule has 110 valence electrons. The van der Waals surface area contributed by atoms with Gasteiger partial charge in [-0.3, -0.25) is 0 Å². The summed E-state index contributed by atoms with van der Waals surface area (Å²) in [7, 11) is 3.26. The summed E-state index contributed by atoms with van der Waals surface area (Å²) in [6.07, 6.45) is 6.73. The van der Waals surface area contributed by atoms with Gasteiger partial charge in [-0.15, -0.1) is 0 Å². The number of esters is 1. The number of ether oxygens (including phenoxy) is 1. The van der Waals surface area contributed by atoms with Crippen molar-refractivity contribution in [3.63, 3.8) is 0 Å². The van der Waals surface area contributed by atoms with E-state index >= 15 is 0 Å². The fourth-order valence-electron chi connectivity index (χ4n) is 2.80. The van der Waals surface area contributed by atoms with E-state index in [9.17, 15) is 4.79 Å². The lowest BCUT2D eigenvalue weighted by Gasteiger charge is -2.23. The molecule has 0 amide bonds. The summed E-state index contributed by atoms with van der Waals surface area (Å²) < 4.78 is 4.74. The van der Waals surface area contributed by atoms with Gasteiger partial charge in [-0.2, -0.15) is 0 Å². The Bertz CT molecular complexity index is 454. The van der Waals surface area contributed by atoms with Crippen LogP contribution >= 0.6 is 0 Å². The van der Waals surface area contributed by atoms with E-state index in [0.29, 0.717) is 5.56 Å². The fourth-order valence-corrected chi connectivity index (χ4v) is 2.80. The third-order valence-electron chi connectivity index (χ3n) is 4.02. The summed E-state index contributed by atoms with van der Waals surface area (Å²) >= 11 is 0. The smallest absolute Gasteiger partial charge is 0.337 e. The monoisotopic (exact) mass is 276 g/mol. The first kappa shape index (κ1) is 14.7. The van der Waals surface area contributed by atoms with Crippen LogP contribution in [0.4, 0.5) is 11.4 Å². The van der Waals surface area contributed by atoms with Gasteiger partial charge < -0.3 is 15.4 Å². The molecule has 0 heterocycles. The van der Waals surface area contributed by atoms with Crippen LogP contribution in [0.5, 0.6) is 0 Å². The third kappa shape index (κ3) is 3.65. The lowest BCUT2D eigenvalue weighted by molar-refractivity contribution is 0.0601. The molecule has 0 spiro atoms. The molecule has 2 N–H and O–H groups in total. The van der Waals surface area contributed by atoms with E-state index in [1.165, 1.54) is 39.2 Å². The number of carbonyl (C=O) groups is 1. The molecule has 4 nitrogen and oxygen atoms in total. The second-order valence-corrected chi connectivity index (χ2v) is 5.39. The number of methoxy groups -OCH3 is 1. The highest BCUT2D eigenvalue weighted by atomic mass is 16.5. The summed E-state index contributed by atoms with van der Waals surface area (Å²) in [5, 5.41) is 6.64. The topological polar surface area (TPSA) is 50.4 Å². The van der Waals surface area contributed by atoms with Gasteiger partial charge in [0.1, 0.15) is 0 Å². The van der Waals surface area contributed by atoms with Gasteiger partial charge in [0, 0.05) is 13.6 Å². The molecule has 1 aliphatic rings. The molecule has 4 heteroatoms. The van der Waals surface area contributed by atoms with Crippen LogP contribution in [0.1, 0.15) is 42.5 Å². The van der Waals surface area contributed by atoms with E-state index in [1.807, 2.05) is 19.2 Å². The Labute approximate surface area is 120 Å². The number of hydrogen-bond donors (Lipinski definition) is 2. The maximum Gasteiger partial charge on any atom is 0.337 e. The molecule has 1 fully saturated rings. The molecule has 0 aliphatic heterocycles. The van der Waals surface area contributed by atoms with Crippen molar-refractivity contribution < 1.29 is 9.53 Å². The van der Waals surface area contributed by atoms with Crippen molar-refractivity contribution in [2.45, 2.75) is 32.1 Å². The molecule has 20 heavy (non-hydrogen) atoms. The zero-order valence-electron chi connectivity index (χ0n) is 12.4. The molecule has 1 aliphatic carbocycles. The summed E-state index contributed by atoms with van der Waals surface area (Å²) in [5.41, 5.74) is 2.55. The van der Waals surface area contributed by atoms with E-state index in [0.717, 1.165) is 23.8 Å². The molecule has 0 radical (unpaired) electrons. The van der Waals surface area contributed by atoms with Crippen molar-refractivity contribution in [2.75, 3.05) is 31.3 Å². The molecule has 1 saturated carbocycles. The number of hydrogen-bond acceptors (Lipinski definition) is 4. The van der Waals surface area contributed by atoms with Gasteiger partial charge in [-0.25, -0.2) is 4.79 Å². The molecule has 2 rings (SSSR count). The zero-order chi connectivity index (χ0) is 14.4. The minimum atomic E-state index is -0.305. The highest BCUT2D eigenvalue weighted by Gasteiger charge is 2.14. The normalized spacial score (nSPS) is 15.7. The highest BCUT2D eigenvalue weighted by Crippen LogP contribution is 2.27. The first-order valence-corrected chi connectivity index (χ1v) is 7.38. The van der Waals surface area contributed by atoms with Crippen molar-refractivity contribution in [1.29, 1.82) is 0 Å². The van der Waals surface area contributed by atoms with Crippen LogP contribution < -0.4 is 10.6 Å². The molecule has 0 atom stereocenters. The predicted octanol–water partition coefficient (Wildman–Crippen LogP) is 3.51. The van der Waals surface area contributed by atoms with Gasteiger partial charge >= 0.3 is 5.97 Å². The number of benzene rings is 1. The van der Waals surface area contributed by atoms with Crippen molar-refractivity contribution in [3.05, 3.63) is 23.8 Å². The first-order chi connectivity index (χ1) is 9.74. The predicted molar refractivity (Wildman–Crippen MR) is 82.4 cm³/mol. The Morgan fingerprint density at radius 3 is 2.65 bits per heavy atom. The standard InChI is InChI=1S/C16H24N2O2/c1-17-15-10-13(16(19)20-2)8-9-14(15)18-11-12-6-4-3-5-7-12/h8-10,12,17-18H,3-7,11H2,1-2H3. The summed E-state index contributed by atoms with van der Waals surface area (Å²) in [6, 6.07) is 5.58. The Hall–Kier alpha value is -1.71. The van der Waals surface area contributed by atoms with Crippen LogP contribution in [0.15, 0.2) is 18.2 Å². The van der Waals surface area contributed by atoms with Gasteiger partial charge in [0.2, 0.25) is 0 Å². The fraction of sp³-hybridized carbons (Fsp3) is 0.562. The molecule has 0 aromatic heterocycles. The second-order valence-electron chi connectivity index (χ2n) is 5.39. The number of carbonyl (C=O) groups excluding carboxylic acids is 1. The molecule has 0 bridgehead atoms. The second kappa shape index (κ2) is 7.17. The van der Waals surface area contributed by atoms with Gasteiger partial charge in [0.25, 0.3) is 0 Å². The first-order valence-electron chi connectivity index (χ1n) is 7.38. The lowest BCUT2D eigenvalue weighted by atomic mass is 9.89.